The zero-order chi connectivity index (χ0) is 25.5. The molecule has 0 fully saturated rings. The molecule has 0 bridgehead atoms. The minimum atomic E-state index is -0.851. The molecule has 186 valence electrons. The standard InChI is InChI=1S/C24H22ClN5O5S/c25-17-5-3-16(4-6-17)14-29-21(28-22(33)30(24(29)34)15-19(32)2-1-12-31)27-18-7-9-20(10-8-18)35-23-26-11-13-36-23/h3-11,13,31H,1-2,12,14-15H2,(H,27,28,33). The summed E-state index contributed by atoms with van der Waals surface area (Å²) in [6.45, 7) is -0.494. The van der Waals surface area contributed by atoms with E-state index in [2.05, 4.69) is 15.3 Å². The Morgan fingerprint density at radius 2 is 1.83 bits per heavy atom. The number of aromatic nitrogens is 4. The average Bonchev–Trinajstić information content (AvgIpc) is 3.38. The lowest BCUT2D eigenvalue weighted by molar-refractivity contribution is -0.120. The van der Waals surface area contributed by atoms with E-state index in [-0.39, 0.29) is 37.7 Å². The molecule has 0 radical (unpaired) electrons. The highest BCUT2D eigenvalue weighted by Gasteiger charge is 2.16. The number of ketones is 1. The van der Waals surface area contributed by atoms with Gasteiger partial charge < -0.3 is 15.2 Å². The number of aliphatic hydroxyl groups excluding tert-OH is 1. The van der Waals surface area contributed by atoms with E-state index in [0.717, 1.165) is 10.1 Å². The molecule has 0 amide bonds. The summed E-state index contributed by atoms with van der Waals surface area (Å²) < 4.78 is 7.73. The van der Waals surface area contributed by atoms with Crippen LogP contribution in [0.3, 0.4) is 0 Å². The fraction of sp³-hybridized carbons (Fsp3) is 0.208. The van der Waals surface area contributed by atoms with Gasteiger partial charge in [0.05, 0.1) is 13.1 Å². The summed E-state index contributed by atoms with van der Waals surface area (Å²) in [6.07, 6.45) is 1.95. The maximum atomic E-state index is 13.3. The SMILES string of the molecule is O=C(CCCO)Cn1c(=O)nc(Nc2ccc(Oc3nccs3)cc2)n(Cc2ccc(Cl)cc2)c1=O. The van der Waals surface area contributed by atoms with Crippen molar-refractivity contribution in [1.29, 1.82) is 0 Å². The molecule has 4 rings (SSSR count). The molecule has 36 heavy (non-hydrogen) atoms. The third kappa shape index (κ3) is 6.45. The van der Waals surface area contributed by atoms with Crippen molar-refractivity contribution >= 4 is 40.4 Å². The van der Waals surface area contributed by atoms with E-state index in [4.69, 9.17) is 21.4 Å². The molecule has 2 aromatic carbocycles. The molecular formula is C24H22ClN5O5S. The molecule has 12 heteroatoms. The summed E-state index contributed by atoms with van der Waals surface area (Å²) in [6, 6.07) is 13.8. The molecule has 0 saturated carbocycles. The summed E-state index contributed by atoms with van der Waals surface area (Å²) in [5.74, 6) is 0.242. The summed E-state index contributed by atoms with van der Waals surface area (Å²) in [7, 11) is 0. The lowest BCUT2D eigenvalue weighted by atomic mass is 10.2. The molecule has 4 aromatic rings. The second-order valence-electron chi connectivity index (χ2n) is 7.71. The third-order valence-corrected chi connectivity index (χ3v) is 5.98. The van der Waals surface area contributed by atoms with Crippen LogP contribution in [-0.4, -0.2) is 36.6 Å². The van der Waals surface area contributed by atoms with Gasteiger partial charge in [-0.05, 0) is 48.4 Å². The molecule has 2 N–H and O–H groups in total. The number of thiazole rings is 1. The van der Waals surface area contributed by atoms with Gasteiger partial charge in [-0.1, -0.05) is 35.1 Å². The van der Waals surface area contributed by atoms with Crippen molar-refractivity contribution in [3.8, 4) is 10.9 Å². The largest absolute Gasteiger partial charge is 0.431 e. The van der Waals surface area contributed by atoms with Gasteiger partial charge in [0.1, 0.15) is 5.75 Å². The number of nitrogens with one attached hydrogen (secondary N) is 1. The topological polar surface area (TPSA) is 128 Å². The van der Waals surface area contributed by atoms with Crippen LogP contribution in [0.4, 0.5) is 11.6 Å². The molecular weight excluding hydrogens is 506 g/mol. The number of carbonyl (C=O) groups excluding carboxylic acids is 1. The van der Waals surface area contributed by atoms with Crippen molar-refractivity contribution in [2.75, 3.05) is 11.9 Å². The monoisotopic (exact) mass is 527 g/mol. The number of aliphatic hydroxyl groups is 1. The van der Waals surface area contributed by atoms with Gasteiger partial charge in [0.15, 0.2) is 5.78 Å². The van der Waals surface area contributed by atoms with Gasteiger partial charge in [0, 0.05) is 35.3 Å². The van der Waals surface area contributed by atoms with Gasteiger partial charge in [0.25, 0.3) is 5.19 Å². The van der Waals surface area contributed by atoms with E-state index in [1.54, 1.807) is 60.1 Å². The number of hydrogen-bond donors (Lipinski definition) is 2. The highest BCUT2D eigenvalue weighted by atomic mass is 35.5. The van der Waals surface area contributed by atoms with Crippen LogP contribution < -0.4 is 21.4 Å². The predicted molar refractivity (Wildman–Crippen MR) is 137 cm³/mol. The van der Waals surface area contributed by atoms with Crippen LogP contribution in [0, 0.1) is 0 Å². The summed E-state index contributed by atoms with van der Waals surface area (Å²) in [4.78, 5) is 46.3. The maximum absolute atomic E-state index is 13.3. The molecule has 0 saturated heterocycles. The average molecular weight is 528 g/mol. The summed E-state index contributed by atoms with van der Waals surface area (Å²) in [5, 5.41) is 14.8. The summed E-state index contributed by atoms with van der Waals surface area (Å²) in [5.41, 5.74) is -0.228. The van der Waals surface area contributed by atoms with Crippen molar-refractivity contribution < 1.29 is 14.6 Å². The Labute approximate surface area is 214 Å². The Kier molecular flexibility index (Phi) is 8.26. The van der Waals surface area contributed by atoms with Crippen LogP contribution in [0.5, 0.6) is 10.9 Å². The van der Waals surface area contributed by atoms with Crippen molar-refractivity contribution in [3.63, 3.8) is 0 Å². The quantitative estimate of drug-likeness (QED) is 0.303. The number of halogens is 1. The number of hydrogen-bond acceptors (Lipinski definition) is 9. The molecule has 2 heterocycles. The molecule has 0 aliphatic rings. The van der Waals surface area contributed by atoms with Crippen LogP contribution >= 0.6 is 22.9 Å². The van der Waals surface area contributed by atoms with Crippen LogP contribution in [0.25, 0.3) is 0 Å². The Hall–Kier alpha value is -3.80. The highest BCUT2D eigenvalue weighted by Crippen LogP contribution is 2.25. The number of ether oxygens (including phenoxy) is 1. The number of anilines is 2. The van der Waals surface area contributed by atoms with Gasteiger partial charge in [-0.25, -0.2) is 19.1 Å². The second-order valence-corrected chi connectivity index (χ2v) is 9.01. The first-order valence-electron chi connectivity index (χ1n) is 11.0. The van der Waals surface area contributed by atoms with Gasteiger partial charge in [0.2, 0.25) is 5.95 Å². The normalized spacial score (nSPS) is 10.8. The van der Waals surface area contributed by atoms with Crippen molar-refractivity contribution in [2.24, 2.45) is 0 Å². The Morgan fingerprint density at radius 1 is 1.08 bits per heavy atom. The van der Waals surface area contributed by atoms with E-state index in [1.807, 2.05) is 0 Å². The first-order chi connectivity index (χ1) is 17.4. The minimum Gasteiger partial charge on any atom is -0.431 e. The molecule has 0 unspecified atom stereocenters. The minimum absolute atomic E-state index is 0.0209. The fourth-order valence-corrected chi connectivity index (χ4v) is 3.93. The number of rotatable bonds is 11. The van der Waals surface area contributed by atoms with E-state index in [1.165, 1.54) is 15.9 Å². The van der Waals surface area contributed by atoms with E-state index < -0.39 is 17.9 Å². The second kappa shape index (κ2) is 11.8. The Bertz CT molecular complexity index is 1430. The van der Waals surface area contributed by atoms with E-state index >= 15 is 0 Å². The van der Waals surface area contributed by atoms with Gasteiger partial charge in [-0.2, -0.15) is 4.98 Å². The van der Waals surface area contributed by atoms with Crippen LogP contribution in [0.15, 0.2) is 69.7 Å². The van der Waals surface area contributed by atoms with E-state index in [9.17, 15) is 14.4 Å². The van der Waals surface area contributed by atoms with Gasteiger partial charge in [-0.3, -0.25) is 9.36 Å². The number of Topliss-reactive ketones (excluding diaryl/α,β-unsaturated/α-hetero) is 1. The molecule has 0 aliphatic heterocycles. The van der Waals surface area contributed by atoms with Crippen LogP contribution in [-0.2, 0) is 17.9 Å². The molecule has 0 aliphatic carbocycles. The van der Waals surface area contributed by atoms with Crippen molar-refractivity contribution in [2.45, 2.75) is 25.9 Å². The van der Waals surface area contributed by atoms with Crippen molar-refractivity contribution in [3.05, 3.63) is 91.7 Å². The smallest absolute Gasteiger partial charge is 0.355 e. The highest BCUT2D eigenvalue weighted by molar-refractivity contribution is 7.11. The van der Waals surface area contributed by atoms with Gasteiger partial charge in [-0.15, -0.1) is 0 Å². The molecule has 2 aromatic heterocycles. The molecule has 0 atom stereocenters. The lowest BCUT2D eigenvalue weighted by Crippen LogP contribution is -2.44. The zero-order valence-corrected chi connectivity index (χ0v) is 20.5. The Balaban J connectivity index is 1.64. The first kappa shape index (κ1) is 25.3. The first-order valence-corrected chi connectivity index (χ1v) is 12.2. The fourth-order valence-electron chi connectivity index (χ4n) is 3.30. The number of nitrogens with zero attached hydrogens (tertiary/aromatic N) is 4. The van der Waals surface area contributed by atoms with Crippen LogP contribution in [0.1, 0.15) is 18.4 Å². The lowest BCUT2D eigenvalue weighted by Gasteiger charge is -2.16. The predicted octanol–water partition coefficient (Wildman–Crippen LogP) is 3.44. The van der Waals surface area contributed by atoms with Gasteiger partial charge >= 0.3 is 11.4 Å². The summed E-state index contributed by atoms with van der Waals surface area (Å²) >= 11 is 7.34. The number of carbonyl (C=O) groups is 1. The maximum Gasteiger partial charge on any atom is 0.355 e. The molecule has 0 spiro atoms. The Morgan fingerprint density at radius 3 is 2.50 bits per heavy atom. The number of benzene rings is 2. The van der Waals surface area contributed by atoms with Crippen LogP contribution in [0.2, 0.25) is 5.02 Å². The molecule has 10 nitrogen and oxygen atoms in total. The zero-order valence-electron chi connectivity index (χ0n) is 19.0. The van der Waals surface area contributed by atoms with E-state index in [0.29, 0.717) is 21.7 Å². The van der Waals surface area contributed by atoms with Crippen molar-refractivity contribution in [1.82, 2.24) is 19.1 Å². The third-order valence-electron chi connectivity index (χ3n) is 5.08.